The van der Waals surface area contributed by atoms with Gasteiger partial charge in [-0.05, 0) is 38.8 Å². The zero-order valence-corrected chi connectivity index (χ0v) is 10.4. The molecular formula is C13H17N3O2. The Kier molecular flexibility index (Phi) is 2.78. The van der Waals surface area contributed by atoms with Crippen molar-refractivity contribution in [1.29, 1.82) is 0 Å². The molecule has 2 atom stereocenters. The summed E-state index contributed by atoms with van der Waals surface area (Å²) in [6.07, 6.45) is 6.16. The van der Waals surface area contributed by atoms with Gasteiger partial charge in [0.15, 0.2) is 5.69 Å². The Hall–Kier alpha value is -1.49. The Balaban J connectivity index is 1.84. The minimum atomic E-state index is -0.977. The van der Waals surface area contributed by atoms with Gasteiger partial charge in [0.25, 0.3) is 0 Å². The first-order valence-corrected chi connectivity index (χ1v) is 6.43. The summed E-state index contributed by atoms with van der Waals surface area (Å²) < 4.78 is 0. The fraction of sp³-hybridized carbons (Fsp3) is 0.615. The molecule has 5 heteroatoms. The number of hydrogen-bond donors (Lipinski definition) is 1. The number of carboxylic acids is 1. The Morgan fingerprint density at radius 1 is 1.39 bits per heavy atom. The van der Waals surface area contributed by atoms with E-state index < -0.39 is 5.97 Å². The summed E-state index contributed by atoms with van der Waals surface area (Å²) in [7, 11) is 2.19. The molecule has 3 rings (SSSR count). The van der Waals surface area contributed by atoms with Gasteiger partial charge in [-0.3, -0.25) is 0 Å². The van der Waals surface area contributed by atoms with Crippen molar-refractivity contribution in [1.82, 2.24) is 14.9 Å². The lowest BCUT2D eigenvalue weighted by molar-refractivity contribution is 0.0689. The van der Waals surface area contributed by atoms with E-state index in [1.54, 1.807) is 6.20 Å². The molecule has 18 heavy (non-hydrogen) atoms. The molecule has 5 nitrogen and oxygen atoms in total. The summed E-state index contributed by atoms with van der Waals surface area (Å²) in [6, 6.07) is 2.69. The van der Waals surface area contributed by atoms with E-state index in [-0.39, 0.29) is 5.69 Å². The Morgan fingerprint density at radius 3 is 2.67 bits per heavy atom. The second-order valence-corrected chi connectivity index (χ2v) is 5.32. The molecule has 0 spiro atoms. The lowest BCUT2D eigenvalue weighted by atomic mass is 9.90. The molecule has 2 unspecified atom stereocenters. The highest BCUT2D eigenvalue weighted by atomic mass is 16.4. The number of hydrogen-bond acceptors (Lipinski definition) is 4. The molecule has 0 amide bonds. The van der Waals surface area contributed by atoms with Crippen LogP contribution in [-0.2, 0) is 0 Å². The van der Waals surface area contributed by atoms with Gasteiger partial charge in [0.2, 0.25) is 0 Å². The van der Waals surface area contributed by atoms with E-state index in [1.165, 1.54) is 18.9 Å². The van der Waals surface area contributed by atoms with Crippen molar-refractivity contribution in [2.75, 3.05) is 7.05 Å². The van der Waals surface area contributed by atoms with Crippen LogP contribution in [0.25, 0.3) is 0 Å². The molecule has 0 radical (unpaired) electrons. The topological polar surface area (TPSA) is 66.3 Å². The van der Waals surface area contributed by atoms with Crippen molar-refractivity contribution in [3.05, 3.63) is 23.8 Å². The van der Waals surface area contributed by atoms with Crippen LogP contribution in [0.3, 0.4) is 0 Å². The quantitative estimate of drug-likeness (QED) is 0.858. The van der Waals surface area contributed by atoms with E-state index in [0.29, 0.717) is 23.8 Å². The second-order valence-electron chi connectivity index (χ2n) is 5.32. The Labute approximate surface area is 106 Å². The predicted molar refractivity (Wildman–Crippen MR) is 65.5 cm³/mol. The molecule has 3 heterocycles. The SMILES string of the molecule is CN1C2CCC1CC(c1nccc(C(=O)O)n1)C2. The highest BCUT2D eigenvalue weighted by Gasteiger charge is 2.39. The first kappa shape index (κ1) is 11.6. The van der Waals surface area contributed by atoms with Crippen LogP contribution in [0.15, 0.2) is 12.3 Å². The summed E-state index contributed by atoms with van der Waals surface area (Å²) >= 11 is 0. The maximum absolute atomic E-state index is 10.9. The molecule has 0 aromatic carbocycles. The largest absolute Gasteiger partial charge is 0.477 e. The standard InChI is InChI=1S/C13H17N3O2/c1-16-9-2-3-10(16)7-8(6-9)12-14-5-4-11(15-12)13(17)18/h4-5,8-10H,2-3,6-7H2,1H3,(H,17,18). The van der Waals surface area contributed by atoms with Gasteiger partial charge in [0.05, 0.1) is 0 Å². The van der Waals surface area contributed by atoms with E-state index >= 15 is 0 Å². The Morgan fingerprint density at radius 2 is 2.06 bits per heavy atom. The molecule has 0 saturated carbocycles. The summed E-state index contributed by atoms with van der Waals surface area (Å²) in [4.78, 5) is 21.8. The van der Waals surface area contributed by atoms with Gasteiger partial charge in [0, 0.05) is 24.2 Å². The van der Waals surface area contributed by atoms with Gasteiger partial charge in [0.1, 0.15) is 5.82 Å². The molecule has 96 valence electrons. The fourth-order valence-corrected chi connectivity index (χ4v) is 3.31. The first-order valence-electron chi connectivity index (χ1n) is 6.43. The summed E-state index contributed by atoms with van der Waals surface area (Å²) in [6.45, 7) is 0. The predicted octanol–water partition coefficient (Wildman–Crippen LogP) is 1.51. The molecule has 2 saturated heterocycles. The number of carboxylic acid groups (broad SMARTS) is 1. The minimum Gasteiger partial charge on any atom is -0.477 e. The molecule has 2 bridgehead atoms. The number of carbonyl (C=O) groups is 1. The van der Waals surface area contributed by atoms with Gasteiger partial charge < -0.3 is 10.0 Å². The van der Waals surface area contributed by atoms with Crippen molar-refractivity contribution in [3.8, 4) is 0 Å². The van der Waals surface area contributed by atoms with Crippen molar-refractivity contribution in [3.63, 3.8) is 0 Å². The fourth-order valence-electron chi connectivity index (χ4n) is 3.31. The third kappa shape index (κ3) is 1.88. The number of aromatic nitrogens is 2. The van der Waals surface area contributed by atoms with Gasteiger partial charge in [-0.1, -0.05) is 0 Å². The molecular weight excluding hydrogens is 230 g/mol. The van der Waals surface area contributed by atoms with Gasteiger partial charge in [-0.15, -0.1) is 0 Å². The average Bonchev–Trinajstić information content (AvgIpc) is 2.61. The molecule has 1 aromatic heterocycles. The average molecular weight is 247 g/mol. The number of aromatic carboxylic acids is 1. The van der Waals surface area contributed by atoms with Gasteiger partial charge in [-0.25, -0.2) is 14.8 Å². The maximum Gasteiger partial charge on any atom is 0.354 e. The number of piperidine rings is 1. The van der Waals surface area contributed by atoms with Crippen LogP contribution in [0.1, 0.15) is 47.9 Å². The van der Waals surface area contributed by atoms with E-state index in [1.807, 2.05) is 0 Å². The van der Waals surface area contributed by atoms with Gasteiger partial charge >= 0.3 is 5.97 Å². The van der Waals surface area contributed by atoms with Crippen molar-refractivity contribution in [2.24, 2.45) is 0 Å². The van der Waals surface area contributed by atoms with Gasteiger partial charge in [-0.2, -0.15) is 0 Å². The first-order chi connectivity index (χ1) is 8.65. The molecule has 0 aliphatic carbocycles. The van der Waals surface area contributed by atoms with Crippen LogP contribution in [0.2, 0.25) is 0 Å². The lowest BCUT2D eigenvalue weighted by Gasteiger charge is -2.35. The minimum absolute atomic E-state index is 0.103. The van der Waals surface area contributed by atoms with Crippen LogP contribution in [0, 0.1) is 0 Å². The van der Waals surface area contributed by atoms with Crippen LogP contribution in [0.5, 0.6) is 0 Å². The summed E-state index contributed by atoms with van der Waals surface area (Å²) in [5.41, 5.74) is 0.103. The number of fused-ring (bicyclic) bond motifs is 2. The van der Waals surface area contributed by atoms with Crippen molar-refractivity contribution < 1.29 is 9.90 Å². The lowest BCUT2D eigenvalue weighted by Crippen LogP contribution is -2.39. The number of rotatable bonds is 2. The molecule has 2 aliphatic heterocycles. The van der Waals surface area contributed by atoms with Crippen LogP contribution in [-0.4, -0.2) is 45.1 Å². The summed E-state index contributed by atoms with van der Waals surface area (Å²) in [5, 5.41) is 8.97. The third-order valence-corrected chi connectivity index (χ3v) is 4.36. The van der Waals surface area contributed by atoms with E-state index in [2.05, 4.69) is 21.9 Å². The molecule has 1 N–H and O–H groups in total. The van der Waals surface area contributed by atoms with E-state index in [0.717, 1.165) is 12.8 Å². The van der Waals surface area contributed by atoms with Crippen LogP contribution in [0.4, 0.5) is 0 Å². The third-order valence-electron chi connectivity index (χ3n) is 4.36. The smallest absolute Gasteiger partial charge is 0.354 e. The zero-order chi connectivity index (χ0) is 12.7. The molecule has 1 aromatic rings. The van der Waals surface area contributed by atoms with E-state index in [9.17, 15) is 4.79 Å². The Bertz CT molecular complexity index is 463. The molecule has 2 fully saturated rings. The highest BCUT2D eigenvalue weighted by molar-refractivity contribution is 5.85. The van der Waals surface area contributed by atoms with Crippen LogP contribution < -0.4 is 0 Å². The molecule has 2 aliphatic rings. The second kappa shape index (κ2) is 4.31. The zero-order valence-electron chi connectivity index (χ0n) is 10.4. The maximum atomic E-state index is 10.9. The summed E-state index contributed by atoms with van der Waals surface area (Å²) in [5.74, 6) is 0.0486. The monoisotopic (exact) mass is 247 g/mol. The number of nitrogens with zero attached hydrogens (tertiary/aromatic N) is 3. The normalized spacial score (nSPS) is 31.5. The van der Waals surface area contributed by atoms with Crippen molar-refractivity contribution >= 4 is 5.97 Å². The van der Waals surface area contributed by atoms with Crippen LogP contribution >= 0.6 is 0 Å². The van der Waals surface area contributed by atoms with E-state index in [4.69, 9.17) is 5.11 Å². The van der Waals surface area contributed by atoms with Crippen molar-refractivity contribution in [2.45, 2.75) is 43.7 Å². The highest BCUT2D eigenvalue weighted by Crippen LogP contribution is 2.40.